The van der Waals surface area contributed by atoms with E-state index in [1.165, 1.54) is 4.90 Å². The minimum Gasteiger partial charge on any atom is -0.339 e. The molecular formula is C20H18N2O3. The summed E-state index contributed by atoms with van der Waals surface area (Å²) in [5, 5.41) is 0. The number of carbonyl (C=O) groups excluding carboxylic acids is 3. The molecule has 4 rings (SSSR count). The Morgan fingerprint density at radius 3 is 2.20 bits per heavy atom. The Hall–Kier alpha value is -2.95. The van der Waals surface area contributed by atoms with E-state index in [9.17, 15) is 14.4 Å². The van der Waals surface area contributed by atoms with Crippen molar-refractivity contribution in [1.29, 1.82) is 0 Å². The summed E-state index contributed by atoms with van der Waals surface area (Å²) in [4.78, 5) is 40.9. The van der Waals surface area contributed by atoms with Gasteiger partial charge in [-0.05, 0) is 50.1 Å². The molecule has 2 heterocycles. The van der Waals surface area contributed by atoms with E-state index >= 15 is 0 Å². The van der Waals surface area contributed by atoms with Crippen LogP contribution in [-0.2, 0) is 0 Å². The van der Waals surface area contributed by atoms with E-state index in [0.29, 0.717) is 22.4 Å². The fourth-order valence-electron chi connectivity index (χ4n) is 3.40. The van der Waals surface area contributed by atoms with Crippen LogP contribution in [0, 0.1) is 6.92 Å². The predicted octanol–water partition coefficient (Wildman–Crippen LogP) is 3.03. The predicted molar refractivity (Wildman–Crippen MR) is 93.9 cm³/mol. The number of hydrogen-bond donors (Lipinski definition) is 0. The first-order valence-corrected chi connectivity index (χ1v) is 8.45. The van der Waals surface area contributed by atoms with Crippen LogP contribution in [0.4, 0.5) is 5.69 Å². The van der Waals surface area contributed by atoms with Crippen molar-refractivity contribution in [2.45, 2.75) is 19.8 Å². The number of amides is 3. The molecule has 0 atom stereocenters. The van der Waals surface area contributed by atoms with Gasteiger partial charge in [0.1, 0.15) is 0 Å². The van der Waals surface area contributed by atoms with Crippen molar-refractivity contribution in [1.82, 2.24) is 4.90 Å². The zero-order valence-corrected chi connectivity index (χ0v) is 14.0. The Kier molecular flexibility index (Phi) is 3.64. The van der Waals surface area contributed by atoms with Gasteiger partial charge in [-0.2, -0.15) is 0 Å². The van der Waals surface area contributed by atoms with E-state index in [4.69, 9.17) is 0 Å². The first kappa shape index (κ1) is 15.6. The van der Waals surface area contributed by atoms with Crippen molar-refractivity contribution in [2.24, 2.45) is 0 Å². The molecule has 0 bridgehead atoms. The zero-order valence-electron chi connectivity index (χ0n) is 14.0. The first-order valence-electron chi connectivity index (χ1n) is 8.45. The lowest BCUT2D eigenvalue weighted by atomic mass is 10.0. The SMILES string of the molecule is Cc1ccc(N2C(=O)c3ccc(C(=O)N4CCCC4)cc3C2=O)cc1. The number of likely N-dealkylation sites (tertiary alicyclic amines) is 1. The molecule has 2 aromatic carbocycles. The molecule has 0 N–H and O–H groups in total. The smallest absolute Gasteiger partial charge is 0.266 e. The largest absolute Gasteiger partial charge is 0.339 e. The molecule has 0 aromatic heterocycles. The maximum atomic E-state index is 12.8. The fourth-order valence-corrected chi connectivity index (χ4v) is 3.40. The Morgan fingerprint density at radius 1 is 0.880 bits per heavy atom. The standard InChI is InChI=1S/C20H18N2O3/c1-13-4-7-15(8-5-13)22-19(24)16-9-6-14(12-17(16)20(22)25)18(23)21-10-2-3-11-21/h4-9,12H,2-3,10-11H2,1H3. The van der Waals surface area contributed by atoms with Crippen LogP contribution < -0.4 is 4.90 Å². The van der Waals surface area contributed by atoms with Gasteiger partial charge in [0.2, 0.25) is 0 Å². The molecule has 1 saturated heterocycles. The van der Waals surface area contributed by atoms with Crippen molar-refractivity contribution in [2.75, 3.05) is 18.0 Å². The van der Waals surface area contributed by atoms with Crippen molar-refractivity contribution in [3.63, 3.8) is 0 Å². The van der Waals surface area contributed by atoms with Gasteiger partial charge < -0.3 is 4.90 Å². The third-order valence-electron chi connectivity index (χ3n) is 4.82. The second-order valence-electron chi connectivity index (χ2n) is 6.54. The van der Waals surface area contributed by atoms with Crippen LogP contribution >= 0.6 is 0 Å². The average molecular weight is 334 g/mol. The Morgan fingerprint density at radius 2 is 1.52 bits per heavy atom. The Labute approximate surface area is 145 Å². The van der Waals surface area contributed by atoms with E-state index in [-0.39, 0.29) is 17.7 Å². The summed E-state index contributed by atoms with van der Waals surface area (Å²) in [7, 11) is 0. The first-order chi connectivity index (χ1) is 12.1. The zero-order chi connectivity index (χ0) is 17.6. The summed E-state index contributed by atoms with van der Waals surface area (Å²) in [5.41, 5.74) is 2.72. The highest BCUT2D eigenvalue weighted by Crippen LogP contribution is 2.29. The molecule has 1 fully saturated rings. The number of benzene rings is 2. The monoisotopic (exact) mass is 334 g/mol. The number of anilines is 1. The van der Waals surface area contributed by atoms with Crippen molar-refractivity contribution in [3.05, 3.63) is 64.7 Å². The van der Waals surface area contributed by atoms with Crippen LogP contribution in [0.3, 0.4) is 0 Å². The van der Waals surface area contributed by atoms with E-state index in [1.54, 1.807) is 35.2 Å². The minimum absolute atomic E-state index is 0.0747. The van der Waals surface area contributed by atoms with E-state index < -0.39 is 0 Å². The molecule has 0 aliphatic carbocycles. The second kappa shape index (κ2) is 5.84. The number of carbonyl (C=O) groups is 3. The molecule has 126 valence electrons. The van der Waals surface area contributed by atoms with Crippen LogP contribution in [0.25, 0.3) is 0 Å². The van der Waals surface area contributed by atoms with Gasteiger partial charge in [0.25, 0.3) is 17.7 Å². The number of fused-ring (bicyclic) bond motifs is 1. The fraction of sp³-hybridized carbons (Fsp3) is 0.250. The third-order valence-corrected chi connectivity index (χ3v) is 4.82. The van der Waals surface area contributed by atoms with Crippen LogP contribution in [-0.4, -0.2) is 35.7 Å². The van der Waals surface area contributed by atoms with Crippen LogP contribution in [0.2, 0.25) is 0 Å². The molecule has 0 spiro atoms. The normalized spacial score (nSPS) is 16.5. The number of nitrogens with zero attached hydrogens (tertiary/aromatic N) is 2. The average Bonchev–Trinajstić information content (AvgIpc) is 3.24. The van der Waals surface area contributed by atoms with Gasteiger partial charge in [-0.25, -0.2) is 4.90 Å². The quantitative estimate of drug-likeness (QED) is 0.793. The summed E-state index contributed by atoms with van der Waals surface area (Å²) in [6.45, 7) is 3.44. The second-order valence-corrected chi connectivity index (χ2v) is 6.54. The van der Waals surface area contributed by atoms with Gasteiger partial charge in [-0.3, -0.25) is 14.4 Å². The highest BCUT2D eigenvalue weighted by atomic mass is 16.2. The minimum atomic E-state index is -0.375. The summed E-state index contributed by atoms with van der Waals surface area (Å²) in [6, 6.07) is 12.0. The Balaban J connectivity index is 1.68. The van der Waals surface area contributed by atoms with Crippen LogP contribution in [0.5, 0.6) is 0 Å². The van der Waals surface area contributed by atoms with Gasteiger partial charge in [-0.1, -0.05) is 17.7 Å². The van der Waals surface area contributed by atoms with Crippen molar-refractivity contribution < 1.29 is 14.4 Å². The highest BCUT2D eigenvalue weighted by Gasteiger charge is 2.37. The molecule has 5 nitrogen and oxygen atoms in total. The lowest BCUT2D eigenvalue weighted by Crippen LogP contribution is -2.29. The van der Waals surface area contributed by atoms with Crippen molar-refractivity contribution in [3.8, 4) is 0 Å². The lowest BCUT2D eigenvalue weighted by Gasteiger charge is -2.15. The topological polar surface area (TPSA) is 57.7 Å². The Bertz CT molecular complexity index is 880. The van der Waals surface area contributed by atoms with Gasteiger partial charge in [0, 0.05) is 18.7 Å². The number of imide groups is 1. The highest BCUT2D eigenvalue weighted by molar-refractivity contribution is 6.34. The maximum absolute atomic E-state index is 12.8. The van der Waals surface area contributed by atoms with Crippen molar-refractivity contribution >= 4 is 23.4 Å². The van der Waals surface area contributed by atoms with Gasteiger partial charge >= 0.3 is 0 Å². The van der Waals surface area contributed by atoms with Gasteiger partial charge in [0.15, 0.2) is 0 Å². The molecule has 5 heteroatoms. The molecule has 2 aromatic rings. The van der Waals surface area contributed by atoms with E-state index in [2.05, 4.69) is 0 Å². The summed E-state index contributed by atoms with van der Waals surface area (Å²) in [6.07, 6.45) is 2.02. The molecular weight excluding hydrogens is 316 g/mol. The van der Waals surface area contributed by atoms with E-state index in [1.807, 2.05) is 19.1 Å². The summed E-state index contributed by atoms with van der Waals surface area (Å²) in [5.74, 6) is -0.793. The van der Waals surface area contributed by atoms with Gasteiger partial charge in [-0.15, -0.1) is 0 Å². The number of hydrogen-bond acceptors (Lipinski definition) is 3. The van der Waals surface area contributed by atoms with Crippen LogP contribution in [0.15, 0.2) is 42.5 Å². The molecule has 2 aliphatic heterocycles. The molecule has 25 heavy (non-hydrogen) atoms. The summed E-state index contributed by atoms with van der Waals surface area (Å²) < 4.78 is 0. The molecule has 0 saturated carbocycles. The summed E-state index contributed by atoms with van der Waals surface area (Å²) >= 11 is 0. The molecule has 3 amide bonds. The number of aryl methyl sites for hydroxylation is 1. The number of rotatable bonds is 2. The third kappa shape index (κ3) is 2.52. The molecule has 0 radical (unpaired) electrons. The van der Waals surface area contributed by atoms with E-state index in [0.717, 1.165) is 31.5 Å². The van der Waals surface area contributed by atoms with Gasteiger partial charge in [0.05, 0.1) is 16.8 Å². The molecule has 2 aliphatic rings. The van der Waals surface area contributed by atoms with Crippen LogP contribution in [0.1, 0.15) is 49.5 Å². The molecule has 0 unspecified atom stereocenters. The lowest BCUT2D eigenvalue weighted by molar-refractivity contribution is 0.0792. The maximum Gasteiger partial charge on any atom is 0.266 e.